The lowest BCUT2D eigenvalue weighted by molar-refractivity contribution is 0.308. The van der Waals surface area contributed by atoms with E-state index in [1.165, 1.54) is 12.1 Å². The largest absolute Gasteiger partial charge is 0.488 e. The van der Waals surface area contributed by atoms with Crippen molar-refractivity contribution in [1.82, 2.24) is 9.66 Å². The van der Waals surface area contributed by atoms with Gasteiger partial charge in [-0.15, -0.1) is 0 Å². The molecule has 8 heteroatoms. The second-order valence-corrected chi connectivity index (χ2v) is 8.64. The Balaban J connectivity index is 1.49. The molecule has 5 nitrogen and oxygen atoms in total. The first-order valence-electron chi connectivity index (χ1n) is 8.22. The molecule has 1 unspecified atom stereocenters. The summed E-state index contributed by atoms with van der Waals surface area (Å²) in [6, 6.07) is 14.3. The van der Waals surface area contributed by atoms with Gasteiger partial charge in [0, 0.05) is 12.1 Å². The van der Waals surface area contributed by atoms with Gasteiger partial charge in [0.25, 0.3) is 0 Å². The molecule has 1 aliphatic heterocycles. The number of nitrogens with zero attached hydrogens (tertiary/aromatic N) is 2. The zero-order chi connectivity index (χ0) is 18.4. The Labute approximate surface area is 166 Å². The smallest absolute Gasteiger partial charge is 0.190 e. The lowest BCUT2D eigenvalue weighted by atomic mass is 10.2. The van der Waals surface area contributed by atoms with Gasteiger partial charge in [0.15, 0.2) is 10.9 Å². The maximum absolute atomic E-state index is 14.0. The van der Waals surface area contributed by atoms with Crippen LogP contribution in [-0.2, 0) is 6.61 Å². The Hall–Kier alpha value is -2.45. The maximum Gasteiger partial charge on any atom is 0.190 e. The van der Waals surface area contributed by atoms with Crippen molar-refractivity contribution in [2.24, 2.45) is 0 Å². The Kier molecular flexibility index (Phi) is 4.09. The molecule has 1 N–H and O–H groups in total. The predicted octanol–water partition coefficient (Wildman–Crippen LogP) is 5.34. The standard InChI is InChI=1S/C19H13BrFN3O2S/c20-18-23-24-9-14(22-19(24)27-18)17-8-13-15(6-12(21)7-16(13)26-17)25-10-11-4-2-1-3-5-11/h1-9,18,23H,10H2. The van der Waals surface area contributed by atoms with Crippen LogP contribution in [-0.4, -0.2) is 13.9 Å². The molecule has 2 aromatic heterocycles. The average Bonchev–Trinajstić information content (AvgIpc) is 3.32. The summed E-state index contributed by atoms with van der Waals surface area (Å²) in [5.41, 5.74) is 5.31. The lowest BCUT2D eigenvalue weighted by Crippen LogP contribution is -2.11. The van der Waals surface area contributed by atoms with Crippen LogP contribution in [0.2, 0.25) is 0 Å². The van der Waals surface area contributed by atoms with Crippen molar-refractivity contribution in [3.05, 3.63) is 66.1 Å². The van der Waals surface area contributed by atoms with Gasteiger partial charge < -0.3 is 9.15 Å². The molecule has 1 atom stereocenters. The molecule has 4 aromatic rings. The number of imidazole rings is 1. The van der Waals surface area contributed by atoms with Crippen molar-refractivity contribution in [1.29, 1.82) is 0 Å². The van der Waals surface area contributed by atoms with Crippen LogP contribution >= 0.6 is 27.7 Å². The lowest BCUT2D eigenvalue weighted by Gasteiger charge is -2.07. The average molecular weight is 446 g/mol. The third-order valence-corrected chi connectivity index (χ3v) is 5.75. The minimum absolute atomic E-state index is 0.0943. The van der Waals surface area contributed by atoms with Gasteiger partial charge >= 0.3 is 0 Å². The van der Waals surface area contributed by atoms with E-state index < -0.39 is 5.82 Å². The number of hydrogen-bond donors (Lipinski definition) is 1. The highest BCUT2D eigenvalue weighted by Crippen LogP contribution is 2.37. The summed E-state index contributed by atoms with van der Waals surface area (Å²) in [5, 5.41) is 1.55. The normalized spacial score (nSPS) is 15.7. The molecule has 1 aliphatic rings. The van der Waals surface area contributed by atoms with Crippen molar-refractivity contribution in [2.75, 3.05) is 5.43 Å². The Morgan fingerprint density at radius 3 is 2.93 bits per heavy atom. The molecular formula is C19H13BrFN3O2S. The summed E-state index contributed by atoms with van der Waals surface area (Å²) < 4.78 is 27.7. The molecule has 0 fully saturated rings. The molecule has 0 spiro atoms. The Bertz CT molecular complexity index is 1110. The first-order valence-corrected chi connectivity index (χ1v) is 10.0. The van der Waals surface area contributed by atoms with Crippen LogP contribution < -0.4 is 10.2 Å². The van der Waals surface area contributed by atoms with E-state index in [4.69, 9.17) is 9.15 Å². The van der Waals surface area contributed by atoms with Gasteiger partial charge in [0.2, 0.25) is 0 Å². The topological polar surface area (TPSA) is 52.2 Å². The van der Waals surface area contributed by atoms with E-state index in [9.17, 15) is 4.39 Å². The SMILES string of the molecule is Fc1cc(OCc2ccccc2)c2cc(-c3cn4c(n3)SC(Br)N4)oc2c1. The van der Waals surface area contributed by atoms with E-state index in [0.717, 1.165) is 16.1 Å². The highest BCUT2D eigenvalue weighted by Gasteiger charge is 2.23. The third-order valence-electron chi connectivity index (χ3n) is 4.18. The molecule has 0 saturated carbocycles. The van der Waals surface area contributed by atoms with Crippen LogP contribution in [0.4, 0.5) is 4.39 Å². The number of furan rings is 1. The van der Waals surface area contributed by atoms with E-state index in [0.29, 0.717) is 29.4 Å². The second-order valence-electron chi connectivity index (χ2n) is 6.04. The molecule has 0 aliphatic carbocycles. The van der Waals surface area contributed by atoms with E-state index in [2.05, 4.69) is 26.3 Å². The summed E-state index contributed by atoms with van der Waals surface area (Å²) >= 11 is 5.03. The molecule has 5 rings (SSSR count). The minimum atomic E-state index is -0.404. The monoisotopic (exact) mass is 445 g/mol. The quantitative estimate of drug-likeness (QED) is 0.339. The van der Waals surface area contributed by atoms with Crippen LogP contribution in [0.3, 0.4) is 0 Å². The van der Waals surface area contributed by atoms with Crippen LogP contribution in [0.1, 0.15) is 5.56 Å². The molecule has 0 bridgehead atoms. The first kappa shape index (κ1) is 16.7. The number of ether oxygens (including phenoxy) is 1. The van der Waals surface area contributed by atoms with Gasteiger partial charge in [-0.25, -0.2) is 14.1 Å². The molecule has 3 heterocycles. The first-order chi connectivity index (χ1) is 13.2. The number of halogens is 2. The maximum atomic E-state index is 14.0. The third kappa shape index (κ3) is 3.19. The van der Waals surface area contributed by atoms with Gasteiger partial charge in [0.05, 0.1) is 11.6 Å². The number of thioether (sulfide) groups is 1. The van der Waals surface area contributed by atoms with Crippen molar-refractivity contribution in [3.8, 4) is 17.2 Å². The van der Waals surface area contributed by atoms with E-state index >= 15 is 0 Å². The summed E-state index contributed by atoms with van der Waals surface area (Å²) in [6.45, 7) is 0.353. The number of alkyl halides is 1. The Morgan fingerprint density at radius 2 is 2.11 bits per heavy atom. The summed E-state index contributed by atoms with van der Waals surface area (Å²) in [4.78, 5) is 4.56. The number of rotatable bonds is 4. The van der Waals surface area contributed by atoms with Gasteiger partial charge in [-0.05, 0) is 23.4 Å². The van der Waals surface area contributed by atoms with Crippen LogP contribution in [0, 0.1) is 5.82 Å². The minimum Gasteiger partial charge on any atom is -0.488 e. The van der Waals surface area contributed by atoms with E-state index in [-0.39, 0.29) is 4.28 Å². The van der Waals surface area contributed by atoms with Gasteiger partial charge in [-0.3, -0.25) is 5.43 Å². The molecule has 0 amide bonds. The van der Waals surface area contributed by atoms with Gasteiger partial charge in [0.1, 0.15) is 33.7 Å². The fraction of sp³-hybridized carbons (Fsp3) is 0.105. The Morgan fingerprint density at radius 1 is 1.26 bits per heavy atom. The summed E-state index contributed by atoms with van der Waals surface area (Å²) in [5.74, 6) is 0.609. The van der Waals surface area contributed by atoms with E-state index in [1.807, 2.05) is 47.3 Å². The number of fused-ring (bicyclic) bond motifs is 2. The second kappa shape index (κ2) is 6.61. The van der Waals surface area contributed by atoms with E-state index in [1.54, 1.807) is 11.8 Å². The zero-order valence-corrected chi connectivity index (χ0v) is 16.3. The number of benzene rings is 2. The van der Waals surface area contributed by atoms with Crippen LogP contribution in [0.25, 0.3) is 22.4 Å². The number of nitrogens with one attached hydrogen (secondary N) is 1. The summed E-state index contributed by atoms with van der Waals surface area (Å²) in [7, 11) is 0. The molecule has 136 valence electrons. The summed E-state index contributed by atoms with van der Waals surface area (Å²) in [6.07, 6.45) is 1.85. The molecule has 0 saturated heterocycles. The molecule has 2 aromatic carbocycles. The van der Waals surface area contributed by atoms with Crippen molar-refractivity contribution < 1.29 is 13.5 Å². The van der Waals surface area contributed by atoms with Crippen LogP contribution in [0.5, 0.6) is 5.75 Å². The van der Waals surface area contributed by atoms with Crippen LogP contribution in [0.15, 0.2) is 64.3 Å². The number of aromatic nitrogens is 2. The molecule has 0 radical (unpaired) electrons. The van der Waals surface area contributed by atoms with Crippen molar-refractivity contribution in [3.63, 3.8) is 0 Å². The zero-order valence-electron chi connectivity index (χ0n) is 13.9. The molecular weight excluding hydrogens is 433 g/mol. The fourth-order valence-corrected chi connectivity index (χ4v) is 4.39. The van der Waals surface area contributed by atoms with Gasteiger partial charge in [-0.1, -0.05) is 46.3 Å². The highest BCUT2D eigenvalue weighted by atomic mass is 79.9. The van der Waals surface area contributed by atoms with Crippen molar-refractivity contribution >= 4 is 38.7 Å². The van der Waals surface area contributed by atoms with Gasteiger partial charge in [-0.2, -0.15) is 0 Å². The fourth-order valence-electron chi connectivity index (χ4n) is 2.94. The number of hydrogen-bond acceptors (Lipinski definition) is 5. The van der Waals surface area contributed by atoms with Crippen molar-refractivity contribution in [2.45, 2.75) is 16.0 Å². The molecule has 27 heavy (non-hydrogen) atoms. The highest BCUT2D eigenvalue weighted by molar-refractivity contribution is 9.11. The predicted molar refractivity (Wildman–Crippen MR) is 106 cm³/mol.